The van der Waals surface area contributed by atoms with Crippen LogP contribution >= 0.6 is 0 Å². The van der Waals surface area contributed by atoms with Crippen molar-refractivity contribution in [3.05, 3.63) is 29.1 Å². The van der Waals surface area contributed by atoms with Crippen LogP contribution in [0.25, 0.3) is 0 Å². The second-order valence-electron chi connectivity index (χ2n) is 2.51. The van der Waals surface area contributed by atoms with Crippen molar-refractivity contribution in [3.63, 3.8) is 0 Å². The molecule has 0 fully saturated rings. The zero-order valence-electron chi connectivity index (χ0n) is 7.40. The highest BCUT2D eigenvalue weighted by atomic mass is 16.1. The third-order valence-corrected chi connectivity index (χ3v) is 1.61. The van der Waals surface area contributed by atoms with Gasteiger partial charge in [-0.2, -0.15) is 10.5 Å². The maximum absolute atomic E-state index is 11.1. The second kappa shape index (κ2) is 4.01. The van der Waals surface area contributed by atoms with Gasteiger partial charge in [-0.25, -0.2) is 4.98 Å². The highest BCUT2D eigenvalue weighted by Crippen LogP contribution is 2.04. The molecule has 0 aliphatic heterocycles. The van der Waals surface area contributed by atoms with E-state index in [9.17, 15) is 4.79 Å². The topological polar surface area (TPSA) is 89.6 Å². The van der Waals surface area contributed by atoms with Crippen molar-refractivity contribution in [2.45, 2.75) is 6.92 Å². The SMILES string of the molecule is Cc1nc(C(=O)NC#N)ccc1C#N. The molecule has 0 spiro atoms. The predicted molar refractivity (Wildman–Crippen MR) is 46.8 cm³/mol. The molecule has 5 nitrogen and oxygen atoms in total. The molecule has 0 saturated carbocycles. The van der Waals surface area contributed by atoms with Crippen molar-refractivity contribution in [1.82, 2.24) is 10.3 Å². The van der Waals surface area contributed by atoms with Crippen LogP contribution in [0.1, 0.15) is 21.7 Å². The molecule has 1 amide bonds. The number of aromatic nitrogens is 1. The maximum atomic E-state index is 11.1. The number of carbonyl (C=O) groups excluding carboxylic acids is 1. The van der Waals surface area contributed by atoms with Crippen LogP contribution in [-0.2, 0) is 0 Å². The van der Waals surface area contributed by atoms with Crippen LogP contribution in [-0.4, -0.2) is 10.9 Å². The largest absolute Gasteiger partial charge is 0.282 e. The molecule has 0 radical (unpaired) electrons. The van der Waals surface area contributed by atoms with E-state index < -0.39 is 5.91 Å². The molecule has 1 N–H and O–H groups in total. The molecular formula is C9H6N4O. The van der Waals surface area contributed by atoms with E-state index in [0.29, 0.717) is 11.3 Å². The summed E-state index contributed by atoms with van der Waals surface area (Å²) >= 11 is 0. The highest BCUT2D eigenvalue weighted by Gasteiger charge is 2.08. The molecule has 0 saturated heterocycles. The minimum Gasteiger partial charge on any atom is -0.266 e. The molecule has 0 atom stereocenters. The molecule has 68 valence electrons. The van der Waals surface area contributed by atoms with Gasteiger partial charge in [-0.05, 0) is 19.1 Å². The summed E-state index contributed by atoms with van der Waals surface area (Å²) in [6.07, 6.45) is 1.51. The molecule has 0 aromatic carbocycles. The van der Waals surface area contributed by atoms with E-state index in [-0.39, 0.29) is 5.69 Å². The first kappa shape index (κ1) is 9.69. The van der Waals surface area contributed by atoms with Gasteiger partial charge in [0.15, 0.2) is 6.19 Å². The van der Waals surface area contributed by atoms with Gasteiger partial charge in [0.2, 0.25) is 0 Å². The van der Waals surface area contributed by atoms with Crippen LogP contribution in [0, 0.1) is 29.7 Å². The Morgan fingerprint density at radius 3 is 2.71 bits per heavy atom. The first-order chi connectivity index (χ1) is 6.69. The van der Waals surface area contributed by atoms with E-state index in [0.717, 1.165) is 0 Å². The molecule has 5 heteroatoms. The highest BCUT2D eigenvalue weighted by molar-refractivity contribution is 5.93. The molecule has 1 aromatic rings. The molecule has 0 bridgehead atoms. The zero-order valence-corrected chi connectivity index (χ0v) is 7.40. The summed E-state index contributed by atoms with van der Waals surface area (Å²) in [6.45, 7) is 1.63. The average molecular weight is 186 g/mol. The van der Waals surface area contributed by atoms with E-state index in [1.165, 1.54) is 18.3 Å². The molecule has 1 heterocycles. The molecular weight excluding hydrogens is 180 g/mol. The van der Waals surface area contributed by atoms with Crippen molar-refractivity contribution in [1.29, 1.82) is 10.5 Å². The third kappa shape index (κ3) is 1.85. The molecule has 14 heavy (non-hydrogen) atoms. The first-order valence-electron chi connectivity index (χ1n) is 3.76. The number of nitrogens with one attached hydrogen (secondary N) is 1. The Hall–Kier alpha value is -2.40. The van der Waals surface area contributed by atoms with Gasteiger partial charge in [0.05, 0.1) is 11.3 Å². The quantitative estimate of drug-likeness (QED) is 0.510. The third-order valence-electron chi connectivity index (χ3n) is 1.61. The minimum absolute atomic E-state index is 0.128. The molecule has 0 aliphatic rings. The summed E-state index contributed by atoms with van der Waals surface area (Å²) < 4.78 is 0. The van der Waals surface area contributed by atoms with Gasteiger partial charge >= 0.3 is 0 Å². The van der Waals surface area contributed by atoms with Crippen LogP contribution in [0.15, 0.2) is 12.1 Å². The number of carbonyl (C=O) groups is 1. The van der Waals surface area contributed by atoms with Crippen molar-refractivity contribution >= 4 is 5.91 Å². The summed E-state index contributed by atoms with van der Waals surface area (Å²) in [5.74, 6) is -0.569. The maximum Gasteiger partial charge on any atom is 0.282 e. The molecule has 1 aromatic heterocycles. The van der Waals surface area contributed by atoms with Crippen LogP contribution in [0.5, 0.6) is 0 Å². The monoisotopic (exact) mass is 186 g/mol. The van der Waals surface area contributed by atoms with Crippen molar-refractivity contribution in [3.8, 4) is 12.3 Å². The lowest BCUT2D eigenvalue weighted by Crippen LogP contribution is -2.19. The van der Waals surface area contributed by atoms with Gasteiger partial charge in [0.25, 0.3) is 5.91 Å². The minimum atomic E-state index is -0.569. The summed E-state index contributed by atoms with van der Waals surface area (Å²) in [5, 5.41) is 18.8. The van der Waals surface area contributed by atoms with Crippen LogP contribution in [0.3, 0.4) is 0 Å². The number of hydrogen-bond donors (Lipinski definition) is 1. The number of pyridine rings is 1. The number of nitrogens with zero attached hydrogens (tertiary/aromatic N) is 3. The second-order valence-corrected chi connectivity index (χ2v) is 2.51. The Bertz CT molecular complexity index is 453. The Balaban J connectivity index is 3.05. The molecule has 0 aliphatic carbocycles. The van der Waals surface area contributed by atoms with E-state index in [1.807, 2.05) is 11.4 Å². The van der Waals surface area contributed by atoms with E-state index in [4.69, 9.17) is 10.5 Å². The lowest BCUT2D eigenvalue weighted by molar-refractivity contribution is 0.0968. The number of rotatable bonds is 1. The summed E-state index contributed by atoms with van der Waals surface area (Å²) in [5.41, 5.74) is 1.01. The predicted octanol–water partition coefficient (Wildman–Crippen LogP) is 0.473. The van der Waals surface area contributed by atoms with E-state index in [2.05, 4.69) is 4.98 Å². The van der Waals surface area contributed by atoms with Crippen molar-refractivity contribution in [2.24, 2.45) is 0 Å². The molecule has 1 rings (SSSR count). The van der Waals surface area contributed by atoms with Crippen LogP contribution in [0.2, 0.25) is 0 Å². The van der Waals surface area contributed by atoms with Gasteiger partial charge in [0.1, 0.15) is 11.8 Å². The van der Waals surface area contributed by atoms with Gasteiger partial charge in [-0.15, -0.1) is 0 Å². The number of hydrogen-bond acceptors (Lipinski definition) is 4. The van der Waals surface area contributed by atoms with Crippen molar-refractivity contribution < 1.29 is 4.79 Å². The van der Waals surface area contributed by atoms with Crippen LogP contribution < -0.4 is 5.32 Å². The standard InChI is InChI=1S/C9H6N4O/c1-6-7(4-10)2-3-8(13-6)9(14)12-5-11/h2-3H,1H3,(H,12,14). The van der Waals surface area contributed by atoms with Gasteiger partial charge in [-0.1, -0.05) is 0 Å². The fourth-order valence-electron chi connectivity index (χ4n) is 0.920. The fraction of sp³-hybridized carbons (Fsp3) is 0.111. The first-order valence-corrected chi connectivity index (χ1v) is 3.76. The summed E-state index contributed by atoms with van der Waals surface area (Å²) in [4.78, 5) is 15.0. The van der Waals surface area contributed by atoms with Gasteiger partial charge in [-0.3, -0.25) is 10.1 Å². The van der Waals surface area contributed by atoms with Crippen LogP contribution in [0.4, 0.5) is 0 Å². The summed E-state index contributed by atoms with van der Waals surface area (Å²) in [7, 11) is 0. The Kier molecular flexibility index (Phi) is 2.78. The number of amides is 1. The molecule has 0 unspecified atom stereocenters. The fourth-order valence-corrected chi connectivity index (χ4v) is 0.920. The van der Waals surface area contributed by atoms with Gasteiger partial charge in [0, 0.05) is 0 Å². The zero-order chi connectivity index (χ0) is 10.6. The van der Waals surface area contributed by atoms with E-state index >= 15 is 0 Å². The Morgan fingerprint density at radius 1 is 1.50 bits per heavy atom. The average Bonchev–Trinajstić information content (AvgIpc) is 2.18. The van der Waals surface area contributed by atoms with Crippen molar-refractivity contribution in [2.75, 3.05) is 0 Å². The normalized spacial score (nSPS) is 8.50. The smallest absolute Gasteiger partial charge is 0.266 e. The Labute approximate surface area is 80.6 Å². The Morgan fingerprint density at radius 2 is 2.21 bits per heavy atom. The number of nitriles is 2. The summed E-state index contributed by atoms with van der Waals surface area (Å²) in [6, 6.07) is 4.83. The van der Waals surface area contributed by atoms with Gasteiger partial charge < -0.3 is 0 Å². The lowest BCUT2D eigenvalue weighted by Gasteiger charge is -1.99. The van der Waals surface area contributed by atoms with E-state index in [1.54, 1.807) is 6.92 Å². The lowest BCUT2D eigenvalue weighted by atomic mass is 10.2. The number of aryl methyl sites for hydroxylation is 1.